The molecule has 0 spiro atoms. The molecule has 12 heteroatoms. The van der Waals surface area contributed by atoms with E-state index in [4.69, 9.17) is 24.7 Å². The van der Waals surface area contributed by atoms with Crippen LogP contribution < -0.4 is 10.5 Å². The largest absolute Gasteiger partial charge is 0.507 e. The summed E-state index contributed by atoms with van der Waals surface area (Å²) in [5.74, 6) is -3.34. The van der Waals surface area contributed by atoms with E-state index in [1.165, 1.54) is 25.1 Å². The lowest BCUT2D eigenvalue weighted by Gasteiger charge is -2.42. The van der Waals surface area contributed by atoms with Gasteiger partial charge >= 0.3 is 0 Å². The first-order chi connectivity index (χ1) is 19.4. The Bertz CT molecular complexity index is 1410. The quantitative estimate of drug-likeness (QED) is 0.156. The molecule has 2 aromatic rings. The molecule has 3 aliphatic rings. The molecule has 1 fully saturated rings. The van der Waals surface area contributed by atoms with Crippen molar-refractivity contribution in [2.24, 2.45) is 5.73 Å². The van der Waals surface area contributed by atoms with Crippen molar-refractivity contribution in [3.8, 4) is 17.2 Å². The third-order valence-electron chi connectivity index (χ3n) is 8.08. The number of phenols is 2. The highest BCUT2D eigenvalue weighted by atomic mass is 16.7. The smallest absolute Gasteiger partial charge is 0.202 e. The fourth-order valence-electron chi connectivity index (χ4n) is 5.80. The average Bonchev–Trinajstić information content (AvgIpc) is 2.92. The van der Waals surface area contributed by atoms with Crippen molar-refractivity contribution in [2.45, 2.75) is 76.3 Å². The lowest BCUT2D eigenvalue weighted by atomic mass is 9.72. The number of nitrogens with two attached hydrogens (primary N) is 1. The summed E-state index contributed by atoms with van der Waals surface area (Å²) in [5.41, 5.74) is 2.83. The molecule has 6 atom stereocenters. The van der Waals surface area contributed by atoms with Crippen LogP contribution in [0.3, 0.4) is 0 Å². The Labute approximate surface area is 235 Å². The minimum absolute atomic E-state index is 0.0475. The molecule has 0 amide bonds. The summed E-state index contributed by atoms with van der Waals surface area (Å²) in [5, 5.41) is 44.4. The van der Waals surface area contributed by atoms with Crippen molar-refractivity contribution in [3.05, 3.63) is 51.6 Å². The number of phenolic OH excluding ortho intramolecular Hbond substituents is 2. The van der Waals surface area contributed by atoms with E-state index in [1.807, 2.05) is 0 Å². The van der Waals surface area contributed by atoms with Gasteiger partial charge in [0.1, 0.15) is 22.8 Å². The second-order valence-electron chi connectivity index (χ2n) is 10.7. The summed E-state index contributed by atoms with van der Waals surface area (Å²) < 4.78 is 22.6. The summed E-state index contributed by atoms with van der Waals surface area (Å²) in [7, 11) is 0. The van der Waals surface area contributed by atoms with E-state index in [0.29, 0.717) is 6.61 Å². The van der Waals surface area contributed by atoms with Crippen LogP contribution in [-0.2, 0) is 25.4 Å². The van der Waals surface area contributed by atoms with E-state index in [1.54, 1.807) is 13.8 Å². The number of ketones is 3. The molecule has 0 bridgehead atoms. The molecule has 12 nitrogen and oxygen atoms in total. The zero-order valence-corrected chi connectivity index (χ0v) is 22.9. The van der Waals surface area contributed by atoms with Crippen LogP contribution in [0.25, 0.3) is 0 Å². The number of aliphatic hydroxyl groups excluding tert-OH is 1. The van der Waals surface area contributed by atoms with Crippen molar-refractivity contribution >= 4 is 17.3 Å². The van der Waals surface area contributed by atoms with Crippen LogP contribution in [0.4, 0.5) is 0 Å². The highest BCUT2D eigenvalue weighted by molar-refractivity contribution is 6.31. The molecule has 1 heterocycles. The summed E-state index contributed by atoms with van der Waals surface area (Å²) in [4.78, 5) is 40.1. The van der Waals surface area contributed by atoms with Gasteiger partial charge < -0.3 is 45.1 Å². The third-order valence-corrected chi connectivity index (χ3v) is 8.08. The number of hydrogen-bond donors (Lipinski definition) is 5. The van der Waals surface area contributed by atoms with Crippen molar-refractivity contribution < 1.29 is 53.8 Å². The van der Waals surface area contributed by atoms with Crippen LogP contribution in [0, 0.1) is 0 Å². The first kappa shape index (κ1) is 29.1. The Morgan fingerprint density at radius 1 is 1.15 bits per heavy atom. The predicted octanol–water partition coefficient (Wildman–Crippen LogP) is 1.39. The minimum atomic E-state index is -2.02. The highest BCUT2D eigenvalue weighted by Gasteiger charge is 2.49. The minimum Gasteiger partial charge on any atom is -0.507 e. The Hall–Kier alpha value is -3.39. The topological polar surface area (TPSA) is 195 Å². The second-order valence-corrected chi connectivity index (χ2v) is 10.7. The molecule has 41 heavy (non-hydrogen) atoms. The number of carbonyl (C=O) groups excluding carboxylic acids is 3. The number of benzene rings is 2. The zero-order valence-electron chi connectivity index (χ0n) is 22.9. The molecule has 2 aliphatic carbocycles. The number of fused-ring (bicyclic) bond motifs is 3. The Morgan fingerprint density at radius 3 is 2.51 bits per heavy atom. The molecule has 1 saturated heterocycles. The zero-order chi connectivity index (χ0) is 29.8. The fraction of sp³-hybridized carbons (Fsp3) is 0.483. The van der Waals surface area contributed by atoms with E-state index in [0.717, 1.165) is 0 Å². The van der Waals surface area contributed by atoms with Crippen molar-refractivity contribution in [2.75, 3.05) is 13.4 Å². The molecule has 220 valence electrons. The van der Waals surface area contributed by atoms with Crippen LogP contribution in [0.2, 0.25) is 0 Å². The number of aromatic hydroxyl groups is 2. The molecule has 0 radical (unpaired) electrons. The molecule has 0 saturated carbocycles. The van der Waals surface area contributed by atoms with E-state index >= 15 is 0 Å². The normalized spacial score (nSPS) is 29.0. The summed E-state index contributed by atoms with van der Waals surface area (Å²) in [6, 6.07) is 3.70. The third kappa shape index (κ3) is 4.80. The molecule has 2 aromatic carbocycles. The maximum absolute atomic E-state index is 13.9. The maximum Gasteiger partial charge on any atom is 0.202 e. The van der Waals surface area contributed by atoms with E-state index < -0.39 is 82.6 Å². The maximum atomic E-state index is 13.9. The molecule has 1 aliphatic heterocycles. The summed E-state index contributed by atoms with van der Waals surface area (Å²) in [6.45, 7) is 4.72. The van der Waals surface area contributed by atoms with Crippen molar-refractivity contribution in [1.29, 1.82) is 0 Å². The first-order valence-corrected chi connectivity index (χ1v) is 13.4. The SMILES string of the molecule is CCOCOc1cccc2c1C(=O)c1c(O)c3c(c(O)c1C2=O)C[C@@](O)(C(C)=O)C[C@@H]3OC1CC(N)C(O)C(C)O1. The van der Waals surface area contributed by atoms with Crippen LogP contribution >= 0.6 is 0 Å². The van der Waals surface area contributed by atoms with Gasteiger partial charge in [0.05, 0.1) is 35.0 Å². The van der Waals surface area contributed by atoms with Gasteiger partial charge in [0.15, 0.2) is 24.6 Å². The molecular formula is C29H33NO11. The van der Waals surface area contributed by atoms with Gasteiger partial charge in [-0.1, -0.05) is 12.1 Å². The van der Waals surface area contributed by atoms with Crippen LogP contribution in [0.15, 0.2) is 18.2 Å². The molecule has 0 aromatic heterocycles. The second kappa shape index (κ2) is 10.8. The van der Waals surface area contributed by atoms with Crippen LogP contribution in [0.1, 0.15) is 82.7 Å². The summed E-state index contributed by atoms with van der Waals surface area (Å²) in [6.07, 6.45) is -4.63. The monoisotopic (exact) mass is 571 g/mol. The Kier molecular flexibility index (Phi) is 7.66. The van der Waals surface area contributed by atoms with Crippen LogP contribution in [-0.4, -0.2) is 81.3 Å². The number of ether oxygens (including phenoxy) is 4. The Balaban J connectivity index is 1.64. The highest BCUT2D eigenvalue weighted by Crippen LogP contribution is 2.52. The molecular weight excluding hydrogens is 538 g/mol. The lowest BCUT2D eigenvalue weighted by Crippen LogP contribution is -2.52. The number of carbonyl (C=O) groups is 3. The van der Waals surface area contributed by atoms with Gasteiger partial charge in [-0.3, -0.25) is 14.4 Å². The van der Waals surface area contributed by atoms with Gasteiger partial charge in [0.2, 0.25) is 5.78 Å². The number of hydrogen-bond acceptors (Lipinski definition) is 12. The Morgan fingerprint density at radius 2 is 1.85 bits per heavy atom. The number of aliphatic hydroxyl groups is 2. The fourth-order valence-corrected chi connectivity index (χ4v) is 5.80. The molecule has 6 N–H and O–H groups in total. The number of Topliss-reactive ketones (excluding diaryl/α,β-unsaturated/α-hetero) is 1. The van der Waals surface area contributed by atoms with Crippen molar-refractivity contribution in [1.82, 2.24) is 0 Å². The predicted molar refractivity (Wildman–Crippen MR) is 141 cm³/mol. The van der Waals surface area contributed by atoms with Gasteiger partial charge in [-0.2, -0.15) is 0 Å². The lowest BCUT2D eigenvalue weighted by molar-refractivity contribution is -0.247. The van der Waals surface area contributed by atoms with Gasteiger partial charge in [-0.15, -0.1) is 0 Å². The molecule has 5 rings (SSSR count). The van der Waals surface area contributed by atoms with Gasteiger partial charge in [0, 0.05) is 48.6 Å². The molecule has 4 unspecified atom stereocenters. The van der Waals surface area contributed by atoms with E-state index in [2.05, 4.69) is 0 Å². The van der Waals surface area contributed by atoms with Crippen molar-refractivity contribution in [3.63, 3.8) is 0 Å². The standard InChI is InChI=1S/C29H33NO11/c1-4-38-11-39-17-7-5-6-14-20(17)27(35)23-22(25(14)33)26(34)15-9-29(37,13(3)31)10-18(21(15)28(23)36)41-19-8-16(30)24(32)12(2)40-19/h5-7,12,16,18-19,24,32,34,36-37H,4,8-11,30H2,1-3H3/t12?,16?,18-,19?,24?,29-/m0/s1. The van der Waals surface area contributed by atoms with E-state index in [-0.39, 0.29) is 47.6 Å². The van der Waals surface area contributed by atoms with Gasteiger partial charge in [-0.25, -0.2) is 0 Å². The van der Waals surface area contributed by atoms with Gasteiger partial charge in [-0.05, 0) is 26.8 Å². The van der Waals surface area contributed by atoms with Crippen LogP contribution in [0.5, 0.6) is 17.2 Å². The summed E-state index contributed by atoms with van der Waals surface area (Å²) >= 11 is 0. The van der Waals surface area contributed by atoms with Gasteiger partial charge in [0.25, 0.3) is 0 Å². The first-order valence-electron chi connectivity index (χ1n) is 13.4. The average molecular weight is 572 g/mol. The van der Waals surface area contributed by atoms with E-state index in [9.17, 15) is 34.8 Å². The number of rotatable bonds is 7.